The predicted molar refractivity (Wildman–Crippen MR) is 62.6 cm³/mol. The van der Waals surface area contributed by atoms with Crippen LogP contribution in [-0.2, 0) is 9.59 Å². The number of carboxylic acids is 1. The van der Waals surface area contributed by atoms with Crippen LogP contribution in [0.5, 0.6) is 0 Å². The van der Waals surface area contributed by atoms with E-state index < -0.39 is 17.2 Å². The summed E-state index contributed by atoms with van der Waals surface area (Å²) in [5.41, 5.74) is -1.50. The normalized spacial score (nSPS) is 20.8. The highest BCUT2D eigenvalue weighted by Crippen LogP contribution is 2.38. The number of hydrogen-bond donors (Lipinski definition) is 2. The molecule has 0 aromatic carbocycles. The van der Waals surface area contributed by atoms with Gasteiger partial charge in [-0.15, -0.1) is 12.3 Å². The van der Waals surface area contributed by atoms with Crippen LogP contribution in [0.15, 0.2) is 10.2 Å². The molecule has 1 saturated carbocycles. The fourth-order valence-corrected chi connectivity index (χ4v) is 1.83. The number of hydrogen-bond acceptors (Lipinski definition) is 4. The molecule has 18 heavy (non-hydrogen) atoms. The molecule has 2 aliphatic rings. The van der Waals surface area contributed by atoms with Crippen LogP contribution in [-0.4, -0.2) is 28.2 Å². The average molecular weight is 249 g/mol. The molecule has 2 N–H and O–H groups in total. The van der Waals surface area contributed by atoms with Crippen molar-refractivity contribution in [2.45, 2.75) is 49.7 Å². The third kappa shape index (κ3) is 2.67. The highest BCUT2D eigenvalue weighted by molar-refractivity contribution is 5.89. The number of carbonyl (C=O) groups excluding carboxylic acids is 1. The second-order valence-corrected chi connectivity index (χ2v) is 4.82. The Labute approximate surface area is 105 Å². The minimum atomic E-state index is -1.01. The fourth-order valence-electron chi connectivity index (χ4n) is 1.83. The van der Waals surface area contributed by atoms with E-state index in [1.54, 1.807) is 0 Å². The van der Waals surface area contributed by atoms with Gasteiger partial charge >= 0.3 is 5.97 Å². The third-order valence-corrected chi connectivity index (χ3v) is 3.34. The summed E-state index contributed by atoms with van der Waals surface area (Å²) in [6.45, 7) is 0. The molecule has 1 amide bonds. The Morgan fingerprint density at radius 2 is 2.00 bits per heavy atom. The van der Waals surface area contributed by atoms with Crippen LogP contribution in [0.25, 0.3) is 0 Å². The quantitative estimate of drug-likeness (QED) is 0.661. The summed E-state index contributed by atoms with van der Waals surface area (Å²) in [6, 6.07) is 0. The zero-order valence-electron chi connectivity index (χ0n) is 9.98. The molecule has 1 aliphatic carbocycles. The van der Waals surface area contributed by atoms with Gasteiger partial charge in [-0.25, -0.2) is 4.79 Å². The van der Waals surface area contributed by atoms with Crippen LogP contribution >= 0.6 is 0 Å². The number of amides is 1. The van der Waals surface area contributed by atoms with Crippen molar-refractivity contribution in [2.24, 2.45) is 10.2 Å². The first-order valence-corrected chi connectivity index (χ1v) is 5.94. The summed E-state index contributed by atoms with van der Waals surface area (Å²) < 4.78 is 0. The Kier molecular flexibility index (Phi) is 3.07. The molecule has 1 aliphatic heterocycles. The van der Waals surface area contributed by atoms with Gasteiger partial charge in [0, 0.05) is 25.7 Å². The van der Waals surface area contributed by atoms with Crippen molar-refractivity contribution >= 4 is 11.9 Å². The lowest BCUT2D eigenvalue weighted by molar-refractivity contribution is -0.143. The molecule has 1 heterocycles. The Morgan fingerprint density at radius 3 is 2.44 bits per heavy atom. The first-order chi connectivity index (χ1) is 8.52. The number of aliphatic carboxylic acids is 1. The number of carboxylic acid groups (broad SMARTS) is 1. The molecule has 0 spiro atoms. The Morgan fingerprint density at radius 1 is 1.33 bits per heavy atom. The Bertz CT molecular complexity index is 440. The SMILES string of the molecule is C#CCCC1(CCC(=O)NC2(C(=O)O)CC2)N=N1. The molecule has 1 fully saturated rings. The summed E-state index contributed by atoms with van der Waals surface area (Å²) in [7, 11) is 0. The highest BCUT2D eigenvalue weighted by Gasteiger charge is 2.51. The number of carbonyl (C=O) groups is 2. The van der Waals surface area contributed by atoms with Crippen LogP contribution < -0.4 is 5.32 Å². The van der Waals surface area contributed by atoms with Gasteiger partial charge < -0.3 is 10.4 Å². The van der Waals surface area contributed by atoms with Crippen molar-refractivity contribution in [3.8, 4) is 12.3 Å². The zero-order chi connectivity index (χ0) is 13.2. The molecular weight excluding hydrogens is 234 g/mol. The van der Waals surface area contributed by atoms with Gasteiger partial charge in [-0.3, -0.25) is 4.79 Å². The van der Waals surface area contributed by atoms with Gasteiger partial charge in [0.05, 0.1) is 0 Å². The molecule has 0 radical (unpaired) electrons. The number of nitrogens with one attached hydrogen (secondary N) is 1. The van der Waals surface area contributed by atoms with Crippen LogP contribution in [0, 0.1) is 12.3 Å². The Balaban J connectivity index is 1.73. The van der Waals surface area contributed by atoms with Crippen LogP contribution in [0.2, 0.25) is 0 Å². The molecule has 0 atom stereocenters. The molecule has 6 heteroatoms. The Hall–Kier alpha value is -1.90. The lowest BCUT2D eigenvalue weighted by Crippen LogP contribution is -2.43. The van der Waals surface area contributed by atoms with Crippen LogP contribution in [0.1, 0.15) is 38.5 Å². The third-order valence-electron chi connectivity index (χ3n) is 3.34. The van der Waals surface area contributed by atoms with E-state index in [4.69, 9.17) is 11.5 Å². The van der Waals surface area contributed by atoms with E-state index in [2.05, 4.69) is 21.5 Å². The van der Waals surface area contributed by atoms with E-state index in [9.17, 15) is 9.59 Å². The van der Waals surface area contributed by atoms with Gasteiger partial charge in [-0.1, -0.05) is 0 Å². The minimum Gasteiger partial charge on any atom is -0.480 e. The van der Waals surface area contributed by atoms with E-state index in [0.717, 1.165) is 0 Å². The lowest BCUT2D eigenvalue weighted by Gasteiger charge is -2.13. The van der Waals surface area contributed by atoms with Crippen molar-refractivity contribution in [3.05, 3.63) is 0 Å². The standard InChI is InChI=1S/C12H15N3O3/c1-2-3-5-12(14-15-12)6-4-9(16)13-11(7-8-11)10(17)18/h1H,3-8H2,(H,13,16)(H,17,18). The summed E-state index contributed by atoms with van der Waals surface area (Å²) in [4.78, 5) is 22.6. The van der Waals surface area contributed by atoms with Crippen LogP contribution in [0.4, 0.5) is 0 Å². The van der Waals surface area contributed by atoms with Gasteiger partial charge in [-0.05, 0) is 12.8 Å². The molecular formula is C12H15N3O3. The largest absolute Gasteiger partial charge is 0.480 e. The average Bonchev–Trinajstić information content (AvgIpc) is 3.21. The topological polar surface area (TPSA) is 91.1 Å². The fraction of sp³-hybridized carbons (Fsp3) is 0.667. The maximum atomic E-state index is 11.7. The van der Waals surface area contributed by atoms with Crippen molar-refractivity contribution in [1.82, 2.24) is 5.32 Å². The van der Waals surface area contributed by atoms with E-state index in [-0.39, 0.29) is 12.3 Å². The van der Waals surface area contributed by atoms with Crippen molar-refractivity contribution < 1.29 is 14.7 Å². The first-order valence-electron chi connectivity index (χ1n) is 5.94. The first kappa shape index (κ1) is 12.6. The van der Waals surface area contributed by atoms with Gasteiger partial charge in [0.25, 0.3) is 0 Å². The van der Waals surface area contributed by atoms with E-state index in [0.29, 0.717) is 32.1 Å². The smallest absolute Gasteiger partial charge is 0.329 e. The maximum Gasteiger partial charge on any atom is 0.329 e. The van der Waals surface area contributed by atoms with Gasteiger partial charge in [0.15, 0.2) is 5.66 Å². The van der Waals surface area contributed by atoms with E-state index in [1.165, 1.54) is 0 Å². The number of nitrogens with zero attached hydrogens (tertiary/aromatic N) is 2. The monoisotopic (exact) mass is 249 g/mol. The van der Waals surface area contributed by atoms with Gasteiger partial charge in [-0.2, -0.15) is 10.2 Å². The van der Waals surface area contributed by atoms with Crippen molar-refractivity contribution in [1.29, 1.82) is 0 Å². The lowest BCUT2D eigenvalue weighted by atomic mass is 10.0. The second-order valence-electron chi connectivity index (χ2n) is 4.82. The number of terminal acetylenes is 1. The summed E-state index contributed by atoms with van der Waals surface area (Å²) >= 11 is 0. The second kappa shape index (κ2) is 4.41. The molecule has 96 valence electrons. The molecule has 0 saturated heterocycles. The van der Waals surface area contributed by atoms with E-state index in [1.807, 2.05) is 0 Å². The maximum absolute atomic E-state index is 11.7. The summed E-state index contributed by atoms with van der Waals surface area (Å²) in [5, 5.41) is 19.3. The minimum absolute atomic E-state index is 0.229. The number of rotatable bonds is 7. The van der Waals surface area contributed by atoms with Crippen molar-refractivity contribution in [3.63, 3.8) is 0 Å². The summed E-state index contributed by atoms with van der Waals surface area (Å²) in [5.74, 6) is 1.30. The predicted octanol–water partition coefficient (Wildman–Crippen LogP) is 1.08. The molecule has 0 bridgehead atoms. The van der Waals surface area contributed by atoms with Gasteiger partial charge in [0.1, 0.15) is 5.54 Å². The molecule has 6 nitrogen and oxygen atoms in total. The van der Waals surface area contributed by atoms with E-state index >= 15 is 0 Å². The molecule has 2 rings (SSSR count). The molecule has 0 aromatic rings. The molecule has 0 unspecified atom stereocenters. The summed E-state index contributed by atoms with van der Waals surface area (Å²) in [6.07, 6.45) is 8.13. The highest BCUT2D eigenvalue weighted by atomic mass is 16.4. The molecule has 0 aromatic heterocycles. The van der Waals surface area contributed by atoms with Crippen molar-refractivity contribution in [2.75, 3.05) is 0 Å². The zero-order valence-corrected chi connectivity index (χ0v) is 9.98. The van der Waals surface area contributed by atoms with Gasteiger partial charge in [0.2, 0.25) is 5.91 Å². The van der Waals surface area contributed by atoms with Crippen LogP contribution in [0.3, 0.4) is 0 Å².